The van der Waals surface area contributed by atoms with Gasteiger partial charge in [-0.2, -0.15) is 0 Å². The van der Waals surface area contributed by atoms with Gasteiger partial charge in [0.25, 0.3) is 15.9 Å². The standard InChI is InChI=1S/C19H21N3O7S/c1-3-29-17-11-14(20-12(2)23)7-8-16(17)19(26)21-22-30(27,28)15-6-4-5-13(9-15)10-18(24)25/h4-9,11,22H,3,10H2,1-2H3,(H,20,23)(H,21,26)(H,24,25). The number of hydrogen-bond acceptors (Lipinski definition) is 6. The molecular weight excluding hydrogens is 414 g/mol. The van der Waals surface area contributed by atoms with Gasteiger partial charge in [0, 0.05) is 18.7 Å². The topological polar surface area (TPSA) is 151 Å². The van der Waals surface area contributed by atoms with E-state index in [-0.39, 0.29) is 35.1 Å². The van der Waals surface area contributed by atoms with Gasteiger partial charge in [-0.05, 0) is 36.8 Å². The summed E-state index contributed by atoms with van der Waals surface area (Å²) in [5.74, 6) is -2.02. The number of hydrazine groups is 1. The molecule has 0 spiro atoms. The van der Waals surface area contributed by atoms with E-state index < -0.39 is 21.9 Å². The molecule has 4 N–H and O–H groups in total. The number of nitrogens with one attached hydrogen (secondary N) is 3. The van der Waals surface area contributed by atoms with Gasteiger partial charge in [-0.25, -0.2) is 8.42 Å². The summed E-state index contributed by atoms with van der Waals surface area (Å²) >= 11 is 0. The van der Waals surface area contributed by atoms with E-state index in [9.17, 15) is 22.8 Å². The van der Waals surface area contributed by atoms with Gasteiger partial charge in [0.05, 0.1) is 23.5 Å². The third kappa shape index (κ3) is 6.29. The van der Waals surface area contributed by atoms with Gasteiger partial charge in [-0.3, -0.25) is 19.8 Å². The van der Waals surface area contributed by atoms with E-state index >= 15 is 0 Å². The van der Waals surface area contributed by atoms with E-state index in [1.807, 2.05) is 4.83 Å². The average Bonchev–Trinajstić information content (AvgIpc) is 2.66. The number of benzene rings is 2. The fourth-order valence-corrected chi connectivity index (χ4v) is 3.41. The molecule has 2 aromatic carbocycles. The smallest absolute Gasteiger partial charge is 0.307 e. The Morgan fingerprint density at radius 2 is 1.83 bits per heavy atom. The van der Waals surface area contributed by atoms with E-state index in [2.05, 4.69) is 10.7 Å². The molecule has 10 nitrogen and oxygen atoms in total. The first-order chi connectivity index (χ1) is 14.1. The lowest BCUT2D eigenvalue weighted by Crippen LogP contribution is -2.41. The summed E-state index contributed by atoms with van der Waals surface area (Å²) in [6.45, 7) is 3.28. The largest absolute Gasteiger partial charge is 0.493 e. The molecule has 11 heteroatoms. The first-order valence-electron chi connectivity index (χ1n) is 8.79. The second kappa shape index (κ2) is 9.85. The van der Waals surface area contributed by atoms with Crippen LogP contribution in [-0.2, 0) is 26.0 Å². The third-order valence-electron chi connectivity index (χ3n) is 3.71. The Morgan fingerprint density at radius 3 is 2.47 bits per heavy atom. The molecule has 0 aromatic heterocycles. The highest BCUT2D eigenvalue weighted by molar-refractivity contribution is 7.89. The number of aliphatic carboxylic acids is 1. The summed E-state index contributed by atoms with van der Waals surface area (Å²) < 4.78 is 30.3. The second-order valence-corrected chi connectivity index (χ2v) is 7.79. The van der Waals surface area contributed by atoms with E-state index in [1.165, 1.54) is 49.4 Å². The lowest BCUT2D eigenvalue weighted by molar-refractivity contribution is -0.136. The maximum absolute atomic E-state index is 12.5. The van der Waals surface area contributed by atoms with Crippen LogP contribution in [-0.4, -0.2) is 37.9 Å². The minimum atomic E-state index is -4.14. The molecule has 0 aliphatic carbocycles. The highest BCUT2D eigenvalue weighted by atomic mass is 32.2. The quantitative estimate of drug-likeness (QED) is 0.433. The molecule has 0 aliphatic heterocycles. The Kier molecular flexibility index (Phi) is 7.50. The van der Waals surface area contributed by atoms with Crippen molar-refractivity contribution in [3.05, 3.63) is 53.6 Å². The van der Waals surface area contributed by atoms with Crippen LogP contribution in [0, 0.1) is 0 Å². The average molecular weight is 435 g/mol. The Bertz CT molecular complexity index is 1070. The summed E-state index contributed by atoms with van der Waals surface area (Å²) in [5.41, 5.74) is 2.86. The van der Waals surface area contributed by atoms with Crippen molar-refractivity contribution in [1.29, 1.82) is 0 Å². The molecule has 0 aliphatic rings. The third-order valence-corrected chi connectivity index (χ3v) is 4.95. The monoisotopic (exact) mass is 435 g/mol. The van der Waals surface area contributed by atoms with E-state index in [1.54, 1.807) is 6.92 Å². The van der Waals surface area contributed by atoms with Crippen molar-refractivity contribution in [1.82, 2.24) is 10.3 Å². The van der Waals surface area contributed by atoms with Crippen molar-refractivity contribution in [3.63, 3.8) is 0 Å². The van der Waals surface area contributed by atoms with Gasteiger partial charge in [-0.15, -0.1) is 4.83 Å². The molecule has 0 unspecified atom stereocenters. The van der Waals surface area contributed by atoms with Crippen molar-refractivity contribution in [2.45, 2.75) is 25.2 Å². The Morgan fingerprint density at radius 1 is 1.10 bits per heavy atom. The van der Waals surface area contributed by atoms with Crippen molar-refractivity contribution in [2.24, 2.45) is 0 Å². The molecule has 0 atom stereocenters. The molecule has 0 radical (unpaired) electrons. The number of anilines is 1. The summed E-state index contributed by atoms with van der Waals surface area (Å²) in [6, 6.07) is 9.67. The van der Waals surface area contributed by atoms with Gasteiger partial charge in [0.1, 0.15) is 5.75 Å². The molecule has 2 rings (SSSR count). The van der Waals surface area contributed by atoms with Gasteiger partial charge in [-0.1, -0.05) is 12.1 Å². The van der Waals surface area contributed by atoms with Crippen LogP contribution in [0.2, 0.25) is 0 Å². The molecule has 2 aromatic rings. The SMILES string of the molecule is CCOc1cc(NC(C)=O)ccc1C(=O)NNS(=O)(=O)c1cccc(CC(=O)O)c1. The van der Waals surface area contributed by atoms with Gasteiger partial charge in [0.15, 0.2) is 0 Å². The Balaban J connectivity index is 2.18. The van der Waals surface area contributed by atoms with E-state index in [0.29, 0.717) is 11.3 Å². The van der Waals surface area contributed by atoms with Crippen LogP contribution < -0.4 is 20.3 Å². The molecule has 0 heterocycles. The highest BCUT2D eigenvalue weighted by Crippen LogP contribution is 2.23. The Hall–Kier alpha value is -3.44. The van der Waals surface area contributed by atoms with Gasteiger partial charge < -0.3 is 15.2 Å². The molecule has 0 saturated carbocycles. The highest BCUT2D eigenvalue weighted by Gasteiger charge is 2.19. The number of ether oxygens (including phenoxy) is 1. The number of carboxylic acid groups (broad SMARTS) is 1. The van der Waals surface area contributed by atoms with Crippen LogP contribution >= 0.6 is 0 Å². The number of amides is 2. The maximum atomic E-state index is 12.5. The van der Waals surface area contributed by atoms with Crippen molar-refractivity contribution in [2.75, 3.05) is 11.9 Å². The van der Waals surface area contributed by atoms with Crippen LogP contribution in [0.15, 0.2) is 47.4 Å². The van der Waals surface area contributed by atoms with Gasteiger partial charge >= 0.3 is 5.97 Å². The van der Waals surface area contributed by atoms with E-state index in [0.717, 1.165) is 0 Å². The summed E-state index contributed by atoms with van der Waals surface area (Å²) in [7, 11) is -4.14. The number of hydrogen-bond donors (Lipinski definition) is 4. The Labute approximate surface area is 173 Å². The zero-order valence-electron chi connectivity index (χ0n) is 16.3. The molecular formula is C19H21N3O7S. The first kappa shape index (κ1) is 22.8. The van der Waals surface area contributed by atoms with Crippen LogP contribution in [0.4, 0.5) is 5.69 Å². The van der Waals surface area contributed by atoms with Crippen molar-refractivity contribution in [3.8, 4) is 5.75 Å². The minimum Gasteiger partial charge on any atom is -0.493 e. The fourth-order valence-electron chi connectivity index (χ4n) is 2.50. The molecule has 2 amide bonds. The van der Waals surface area contributed by atoms with Crippen molar-refractivity contribution < 1.29 is 32.6 Å². The van der Waals surface area contributed by atoms with Crippen LogP contribution in [0.3, 0.4) is 0 Å². The predicted molar refractivity (Wildman–Crippen MR) is 107 cm³/mol. The lowest BCUT2D eigenvalue weighted by Gasteiger charge is -2.13. The number of carbonyl (C=O) groups is 3. The zero-order chi connectivity index (χ0) is 22.3. The molecule has 0 fully saturated rings. The summed E-state index contributed by atoms with van der Waals surface area (Å²) in [4.78, 5) is 36.3. The lowest BCUT2D eigenvalue weighted by atomic mass is 10.1. The van der Waals surface area contributed by atoms with Crippen LogP contribution in [0.1, 0.15) is 29.8 Å². The van der Waals surface area contributed by atoms with Gasteiger partial charge in [0.2, 0.25) is 5.91 Å². The molecule has 30 heavy (non-hydrogen) atoms. The second-order valence-electron chi connectivity index (χ2n) is 6.10. The summed E-state index contributed by atoms with van der Waals surface area (Å²) in [5, 5.41) is 11.4. The van der Waals surface area contributed by atoms with Crippen LogP contribution in [0.25, 0.3) is 0 Å². The fraction of sp³-hybridized carbons (Fsp3) is 0.211. The number of sulfonamides is 1. The number of rotatable bonds is 9. The molecule has 160 valence electrons. The van der Waals surface area contributed by atoms with E-state index in [4.69, 9.17) is 9.84 Å². The molecule has 0 saturated heterocycles. The predicted octanol–water partition coefficient (Wildman–Crippen LogP) is 1.29. The van der Waals surface area contributed by atoms with Crippen molar-refractivity contribution >= 4 is 33.5 Å². The minimum absolute atomic E-state index is 0.0493. The van der Waals surface area contributed by atoms with Crippen LogP contribution in [0.5, 0.6) is 5.75 Å². The molecule has 0 bridgehead atoms. The maximum Gasteiger partial charge on any atom is 0.307 e. The zero-order valence-corrected chi connectivity index (χ0v) is 17.1. The number of carboxylic acids is 1. The first-order valence-corrected chi connectivity index (χ1v) is 10.3. The normalized spacial score (nSPS) is 10.9. The number of carbonyl (C=O) groups excluding carboxylic acids is 2. The summed E-state index contributed by atoms with van der Waals surface area (Å²) in [6.07, 6.45) is -0.339.